The Labute approximate surface area is 149 Å². The Balaban J connectivity index is 1.53. The standard InChI is InChI=1S/C20H16N4O2/c25-18-13-22-24(17-9-2-1-7-15(17)18)12-10-19(26)23-16-8-3-5-14-6-4-11-21-20(14)16/h1-9,11,13H,10,12H2,(H,23,26). The highest BCUT2D eigenvalue weighted by Crippen LogP contribution is 2.20. The van der Waals surface area contributed by atoms with Crippen LogP contribution in [0.4, 0.5) is 5.69 Å². The molecule has 0 spiro atoms. The van der Waals surface area contributed by atoms with Crippen LogP contribution in [0.15, 0.2) is 71.8 Å². The fourth-order valence-electron chi connectivity index (χ4n) is 2.96. The number of fused-ring (bicyclic) bond motifs is 2. The molecule has 6 nitrogen and oxygen atoms in total. The molecule has 4 aromatic rings. The Kier molecular flexibility index (Phi) is 4.15. The summed E-state index contributed by atoms with van der Waals surface area (Å²) in [4.78, 5) is 28.6. The summed E-state index contributed by atoms with van der Waals surface area (Å²) in [5.74, 6) is -0.132. The number of hydrogen-bond donors (Lipinski definition) is 1. The fourth-order valence-corrected chi connectivity index (χ4v) is 2.96. The molecule has 1 N–H and O–H groups in total. The molecule has 6 heteroatoms. The van der Waals surface area contributed by atoms with E-state index in [1.54, 1.807) is 16.9 Å². The van der Waals surface area contributed by atoms with Crippen molar-refractivity contribution >= 4 is 33.4 Å². The lowest BCUT2D eigenvalue weighted by Gasteiger charge is -2.10. The second-order valence-corrected chi connectivity index (χ2v) is 5.93. The summed E-state index contributed by atoms with van der Waals surface area (Å²) in [5.41, 5.74) is 2.05. The summed E-state index contributed by atoms with van der Waals surface area (Å²) in [6.07, 6.45) is 3.23. The molecule has 0 saturated carbocycles. The molecular formula is C20H16N4O2. The van der Waals surface area contributed by atoms with Crippen LogP contribution in [-0.2, 0) is 11.3 Å². The van der Waals surface area contributed by atoms with Gasteiger partial charge in [0.05, 0.1) is 29.5 Å². The van der Waals surface area contributed by atoms with Gasteiger partial charge in [0.25, 0.3) is 0 Å². The van der Waals surface area contributed by atoms with Crippen molar-refractivity contribution in [2.45, 2.75) is 13.0 Å². The van der Waals surface area contributed by atoms with Crippen molar-refractivity contribution in [1.29, 1.82) is 0 Å². The molecule has 0 unspecified atom stereocenters. The number of pyridine rings is 1. The lowest BCUT2D eigenvalue weighted by Crippen LogP contribution is -2.18. The second kappa shape index (κ2) is 6.76. The number of aryl methyl sites for hydroxylation is 1. The van der Waals surface area contributed by atoms with Crippen LogP contribution in [0.1, 0.15) is 6.42 Å². The van der Waals surface area contributed by atoms with Gasteiger partial charge in [-0.2, -0.15) is 5.10 Å². The van der Waals surface area contributed by atoms with Crippen molar-refractivity contribution in [2.75, 3.05) is 5.32 Å². The molecule has 0 saturated heterocycles. The van der Waals surface area contributed by atoms with Gasteiger partial charge in [-0.15, -0.1) is 0 Å². The maximum Gasteiger partial charge on any atom is 0.226 e. The third-order valence-corrected chi connectivity index (χ3v) is 4.22. The van der Waals surface area contributed by atoms with Crippen molar-refractivity contribution in [3.8, 4) is 0 Å². The van der Waals surface area contributed by atoms with Gasteiger partial charge in [0.2, 0.25) is 11.3 Å². The lowest BCUT2D eigenvalue weighted by atomic mass is 10.2. The van der Waals surface area contributed by atoms with Crippen LogP contribution in [0.2, 0.25) is 0 Å². The van der Waals surface area contributed by atoms with E-state index in [9.17, 15) is 9.59 Å². The van der Waals surface area contributed by atoms with E-state index in [1.165, 1.54) is 6.20 Å². The number of rotatable bonds is 4. The zero-order chi connectivity index (χ0) is 17.9. The number of nitrogens with zero attached hydrogens (tertiary/aromatic N) is 3. The molecule has 0 fully saturated rings. The first-order chi connectivity index (χ1) is 12.7. The Morgan fingerprint density at radius 1 is 1.04 bits per heavy atom. The van der Waals surface area contributed by atoms with Crippen LogP contribution in [0.3, 0.4) is 0 Å². The minimum Gasteiger partial charge on any atom is -0.324 e. The van der Waals surface area contributed by atoms with Crippen LogP contribution in [-0.4, -0.2) is 20.7 Å². The number of benzene rings is 2. The maximum absolute atomic E-state index is 12.4. The largest absolute Gasteiger partial charge is 0.324 e. The Morgan fingerprint density at radius 2 is 1.88 bits per heavy atom. The number of aromatic nitrogens is 3. The molecule has 0 aliphatic heterocycles. The van der Waals surface area contributed by atoms with Crippen molar-refractivity contribution in [1.82, 2.24) is 14.8 Å². The average molecular weight is 344 g/mol. The van der Waals surface area contributed by atoms with Gasteiger partial charge in [0, 0.05) is 23.4 Å². The molecule has 0 atom stereocenters. The molecule has 26 heavy (non-hydrogen) atoms. The van der Waals surface area contributed by atoms with E-state index in [0.29, 0.717) is 17.6 Å². The normalized spacial score (nSPS) is 10.9. The topological polar surface area (TPSA) is 76.9 Å². The van der Waals surface area contributed by atoms with Gasteiger partial charge in [0.1, 0.15) is 0 Å². The zero-order valence-corrected chi connectivity index (χ0v) is 13.9. The van der Waals surface area contributed by atoms with E-state index in [2.05, 4.69) is 15.4 Å². The predicted octanol–water partition coefficient (Wildman–Crippen LogP) is 2.97. The minimum absolute atomic E-state index is 0.122. The van der Waals surface area contributed by atoms with Gasteiger partial charge in [-0.25, -0.2) is 0 Å². The van der Waals surface area contributed by atoms with Gasteiger partial charge in [0.15, 0.2) is 0 Å². The van der Waals surface area contributed by atoms with Gasteiger partial charge in [-0.1, -0.05) is 30.3 Å². The smallest absolute Gasteiger partial charge is 0.226 e. The van der Waals surface area contributed by atoms with E-state index >= 15 is 0 Å². The van der Waals surface area contributed by atoms with Crippen LogP contribution in [0.25, 0.3) is 21.8 Å². The molecule has 4 rings (SSSR count). The number of amides is 1. The number of carbonyl (C=O) groups excluding carboxylic acids is 1. The quantitative estimate of drug-likeness (QED) is 0.617. The van der Waals surface area contributed by atoms with Gasteiger partial charge in [-0.3, -0.25) is 19.3 Å². The van der Waals surface area contributed by atoms with Crippen molar-refractivity contribution in [3.05, 3.63) is 77.2 Å². The summed E-state index contributed by atoms with van der Waals surface area (Å²) in [7, 11) is 0. The Hall–Kier alpha value is -3.54. The van der Waals surface area contributed by atoms with Crippen LogP contribution >= 0.6 is 0 Å². The highest BCUT2D eigenvalue weighted by molar-refractivity contribution is 6.00. The zero-order valence-electron chi connectivity index (χ0n) is 13.9. The minimum atomic E-state index is -0.132. The number of anilines is 1. The summed E-state index contributed by atoms with van der Waals surface area (Å²) in [6, 6.07) is 16.7. The molecular weight excluding hydrogens is 328 g/mol. The molecule has 2 heterocycles. The van der Waals surface area contributed by atoms with E-state index in [4.69, 9.17) is 0 Å². The third-order valence-electron chi connectivity index (χ3n) is 4.22. The van der Waals surface area contributed by atoms with Crippen LogP contribution < -0.4 is 10.7 Å². The Bertz CT molecular complexity index is 1160. The number of para-hydroxylation sites is 2. The first-order valence-corrected chi connectivity index (χ1v) is 8.31. The molecule has 0 aliphatic carbocycles. The fraction of sp³-hybridized carbons (Fsp3) is 0.100. The van der Waals surface area contributed by atoms with Crippen LogP contribution in [0.5, 0.6) is 0 Å². The molecule has 2 aromatic heterocycles. The van der Waals surface area contributed by atoms with E-state index in [-0.39, 0.29) is 17.8 Å². The van der Waals surface area contributed by atoms with E-state index in [1.807, 2.05) is 48.5 Å². The van der Waals surface area contributed by atoms with E-state index < -0.39 is 0 Å². The molecule has 0 radical (unpaired) electrons. The third kappa shape index (κ3) is 3.04. The highest BCUT2D eigenvalue weighted by Gasteiger charge is 2.09. The van der Waals surface area contributed by atoms with Gasteiger partial charge >= 0.3 is 0 Å². The maximum atomic E-state index is 12.4. The summed E-state index contributed by atoms with van der Waals surface area (Å²) in [5, 5.41) is 8.63. The van der Waals surface area contributed by atoms with E-state index in [0.717, 1.165) is 16.4 Å². The molecule has 0 aliphatic rings. The van der Waals surface area contributed by atoms with Gasteiger partial charge < -0.3 is 5.32 Å². The summed E-state index contributed by atoms with van der Waals surface area (Å²) >= 11 is 0. The first kappa shape index (κ1) is 16.0. The van der Waals surface area contributed by atoms with Crippen molar-refractivity contribution in [2.24, 2.45) is 0 Å². The van der Waals surface area contributed by atoms with Gasteiger partial charge in [-0.05, 0) is 24.3 Å². The highest BCUT2D eigenvalue weighted by atomic mass is 16.1. The number of carbonyl (C=O) groups is 1. The Morgan fingerprint density at radius 3 is 2.81 bits per heavy atom. The molecule has 2 aromatic carbocycles. The number of nitrogens with one attached hydrogen (secondary N) is 1. The van der Waals surface area contributed by atoms with Crippen molar-refractivity contribution < 1.29 is 4.79 Å². The molecule has 128 valence electrons. The van der Waals surface area contributed by atoms with Crippen molar-refractivity contribution in [3.63, 3.8) is 0 Å². The molecule has 1 amide bonds. The average Bonchev–Trinajstić information content (AvgIpc) is 2.68. The van der Waals surface area contributed by atoms with Crippen LogP contribution in [0, 0.1) is 0 Å². The second-order valence-electron chi connectivity index (χ2n) is 5.93. The first-order valence-electron chi connectivity index (χ1n) is 8.31. The summed E-state index contributed by atoms with van der Waals surface area (Å²) < 4.78 is 1.68. The lowest BCUT2D eigenvalue weighted by molar-refractivity contribution is -0.116. The molecule has 0 bridgehead atoms. The monoisotopic (exact) mass is 344 g/mol. The predicted molar refractivity (Wildman–Crippen MR) is 101 cm³/mol. The number of hydrogen-bond acceptors (Lipinski definition) is 4. The summed E-state index contributed by atoms with van der Waals surface area (Å²) in [6.45, 7) is 0.380. The SMILES string of the molecule is O=C(CCn1ncc(=O)c2ccccc21)Nc1cccc2cccnc12.